The second-order valence-corrected chi connectivity index (χ2v) is 11.4. The zero-order valence-electron chi connectivity index (χ0n) is 20.4. The standard InChI is InChI=1S/C28H36N4O3/c33-7-8-35-25-4-2-1-3-22(25)16-32-6-5-23-24(17-32)29-18-30-27(23)31-26(34)15-28-12-19-9-20(13-28)11-21(10-19)14-28/h1-4,18-21,33H,5-17H2,(H,29,30,31,34). The third-order valence-corrected chi connectivity index (χ3v) is 8.76. The number of carbonyl (C=O) groups is 1. The Labute approximate surface area is 207 Å². The monoisotopic (exact) mass is 476 g/mol. The van der Waals surface area contributed by atoms with Crippen LogP contribution in [0.4, 0.5) is 5.82 Å². The first kappa shape index (κ1) is 22.9. The van der Waals surface area contributed by atoms with Crippen LogP contribution in [0.2, 0.25) is 0 Å². The number of anilines is 1. The smallest absolute Gasteiger partial charge is 0.226 e. The fourth-order valence-corrected chi connectivity index (χ4v) is 7.85. The first-order valence-electron chi connectivity index (χ1n) is 13.3. The van der Waals surface area contributed by atoms with E-state index < -0.39 is 0 Å². The van der Waals surface area contributed by atoms with Crippen LogP contribution in [0.3, 0.4) is 0 Å². The molecule has 7 nitrogen and oxygen atoms in total. The van der Waals surface area contributed by atoms with Gasteiger partial charge in [-0.1, -0.05) is 18.2 Å². The highest BCUT2D eigenvalue weighted by molar-refractivity contribution is 5.91. The summed E-state index contributed by atoms with van der Waals surface area (Å²) in [7, 11) is 0. The van der Waals surface area contributed by atoms with Gasteiger partial charge in [0, 0.05) is 37.2 Å². The van der Waals surface area contributed by atoms with Crippen LogP contribution in [0.15, 0.2) is 30.6 Å². The Balaban J connectivity index is 1.11. The summed E-state index contributed by atoms with van der Waals surface area (Å²) in [4.78, 5) is 24.6. The number of nitrogens with zero attached hydrogens (tertiary/aromatic N) is 3. The highest BCUT2D eigenvalue weighted by Crippen LogP contribution is 2.61. The lowest BCUT2D eigenvalue weighted by atomic mass is 9.49. The van der Waals surface area contributed by atoms with Gasteiger partial charge in [-0.05, 0) is 74.2 Å². The van der Waals surface area contributed by atoms with E-state index in [1.807, 2.05) is 18.2 Å². The third kappa shape index (κ3) is 4.81. The summed E-state index contributed by atoms with van der Waals surface area (Å²) in [5.74, 6) is 4.21. The first-order valence-corrected chi connectivity index (χ1v) is 13.3. The Bertz CT molecular complexity index is 1050. The Morgan fingerprint density at radius 1 is 1.11 bits per heavy atom. The number of aromatic nitrogens is 2. The molecule has 186 valence electrons. The largest absolute Gasteiger partial charge is 0.491 e. The van der Waals surface area contributed by atoms with E-state index in [1.54, 1.807) is 6.33 Å². The number of hydrogen-bond donors (Lipinski definition) is 2. The molecule has 7 heteroatoms. The summed E-state index contributed by atoms with van der Waals surface area (Å²) in [6.07, 6.45) is 11.0. The number of nitrogens with one attached hydrogen (secondary N) is 1. The van der Waals surface area contributed by atoms with Crippen molar-refractivity contribution in [3.05, 3.63) is 47.4 Å². The summed E-state index contributed by atoms with van der Waals surface area (Å²) in [6.45, 7) is 2.62. The molecule has 35 heavy (non-hydrogen) atoms. The van der Waals surface area contributed by atoms with Gasteiger partial charge < -0.3 is 15.2 Å². The Morgan fingerprint density at radius 2 is 1.86 bits per heavy atom. The van der Waals surface area contributed by atoms with Crippen LogP contribution in [0, 0.1) is 23.2 Å². The van der Waals surface area contributed by atoms with Crippen LogP contribution < -0.4 is 10.1 Å². The minimum absolute atomic E-state index is 0.000293. The minimum Gasteiger partial charge on any atom is -0.491 e. The van der Waals surface area contributed by atoms with E-state index >= 15 is 0 Å². The highest BCUT2D eigenvalue weighted by Gasteiger charge is 2.51. The predicted molar refractivity (Wildman–Crippen MR) is 133 cm³/mol. The lowest BCUT2D eigenvalue weighted by Gasteiger charge is -2.56. The Hall–Kier alpha value is -2.51. The molecule has 5 aliphatic rings. The summed E-state index contributed by atoms with van der Waals surface area (Å²) in [6, 6.07) is 7.98. The van der Waals surface area contributed by atoms with Crippen molar-refractivity contribution in [2.75, 3.05) is 25.1 Å². The number of aliphatic hydroxyl groups excluding tert-OH is 1. The van der Waals surface area contributed by atoms with E-state index in [9.17, 15) is 4.79 Å². The minimum atomic E-state index is -0.000293. The van der Waals surface area contributed by atoms with E-state index in [4.69, 9.17) is 9.84 Å². The molecule has 4 fully saturated rings. The molecule has 7 rings (SSSR count). The fourth-order valence-electron chi connectivity index (χ4n) is 7.85. The molecule has 2 N–H and O–H groups in total. The molecular formula is C28H36N4O3. The van der Waals surface area contributed by atoms with Crippen LogP contribution in [0.5, 0.6) is 5.75 Å². The molecule has 4 aliphatic carbocycles. The average molecular weight is 477 g/mol. The van der Waals surface area contributed by atoms with Crippen LogP contribution in [0.1, 0.15) is 61.8 Å². The predicted octanol–water partition coefficient (Wildman–Crippen LogP) is 3.95. The molecule has 1 aromatic carbocycles. The number of fused-ring (bicyclic) bond motifs is 1. The maximum atomic E-state index is 13.2. The van der Waals surface area contributed by atoms with Gasteiger partial charge in [0.05, 0.1) is 12.3 Å². The maximum absolute atomic E-state index is 13.2. The van der Waals surface area contributed by atoms with Gasteiger partial charge in [0.15, 0.2) is 0 Å². The molecular weight excluding hydrogens is 440 g/mol. The molecule has 1 aliphatic heterocycles. The molecule has 1 amide bonds. The molecule has 0 atom stereocenters. The molecule has 0 saturated heterocycles. The second kappa shape index (κ2) is 9.51. The lowest BCUT2D eigenvalue weighted by Crippen LogP contribution is -2.47. The van der Waals surface area contributed by atoms with E-state index in [-0.39, 0.29) is 17.9 Å². The van der Waals surface area contributed by atoms with E-state index in [2.05, 4.69) is 26.3 Å². The van der Waals surface area contributed by atoms with Gasteiger partial charge in [0.1, 0.15) is 24.5 Å². The van der Waals surface area contributed by atoms with Gasteiger partial charge >= 0.3 is 0 Å². The van der Waals surface area contributed by atoms with Crippen molar-refractivity contribution in [2.45, 2.75) is 64.5 Å². The van der Waals surface area contributed by atoms with Crippen molar-refractivity contribution in [1.29, 1.82) is 0 Å². The summed E-state index contributed by atoms with van der Waals surface area (Å²) < 4.78 is 5.71. The number of benzene rings is 1. The Kier molecular flexibility index (Phi) is 6.23. The average Bonchev–Trinajstić information content (AvgIpc) is 2.82. The summed E-state index contributed by atoms with van der Waals surface area (Å²) in [5, 5.41) is 12.3. The van der Waals surface area contributed by atoms with Crippen molar-refractivity contribution < 1.29 is 14.6 Å². The highest BCUT2D eigenvalue weighted by atomic mass is 16.5. The van der Waals surface area contributed by atoms with E-state index in [0.717, 1.165) is 59.8 Å². The van der Waals surface area contributed by atoms with Crippen molar-refractivity contribution >= 4 is 11.7 Å². The number of amides is 1. The second-order valence-electron chi connectivity index (χ2n) is 11.4. The van der Waals surface area contributed by atoms with Gasteiger partial charge in [-0.15, -0.1) is 0 Å². The number of rotatable bonds is 8. The van der Waals surface area contributed by atoms with E-state index in [1.165, 1.54) is 38.5 Å². The van der Waals surface area contributed by atoms with Crippen molar-refractivity contribution in [3.8, 4) is 5.75 Å². The van der Waals surface area contributed by atoms with Crippen LogP contribution in [-0.4, -0.2) is 45.6 Å². The Morgan fingerprint density at radius 3 is 2.60 bits per heavy atom. The molecule has 2 aromatic rings. The van der Waals surface area contributed by atoms with E-state index in [0.29, 0.717) is 25.4 Å². The topological polar surface area (TPSA) is 87.6 Å². The van der Waals surface area contributed by atoms with Gasteiger partial charge in [0.25, 0.3) is 0 Å². The van der Waals surface area contributed by atoms with Crippen molar-refractivity contribution in [1.82, 2.24) is 14.9 Å². The molecule has 2 heterocycles. The van der Waals surface area contributed by atoms with Gasteiger partial charge in [-0.25, -0.2) is 9.97 Å². The number of carbonyl (C=O) groups excluding carboxylic acids is 1. The molecule has 0 unspecified atom stereocenters. The molecule has 0 radical (unpaired) electrons. The fraction of sp³-hybridized carbons (Fsp3) is 0.607. The first-order chi connectivity index (χ1) is 17.1. The molecule has 1 aromatic heterocycles. The summed E-state index contributed by atoms with van der Waals surface area (Å²) in [5.41, 5.74) is 3.40. The number of aliphatic hydroxyl groups is 1. The van der Waals surface area contributed by atoms with Gasteiger partial charge in [-0.2, -0.15) is 0 Å². The normalized spacial score (nSPS) is 29.1. The van der Waals surface area contributed by atoms with Crippen LogP contribution in [-0.2, 0) is 24.3 Å². The van der Waals surface area contributed by atoms with Crippen LogP contribution in [0.25, 0.3) is 0 Å². The molecule has 4 bridgehead atoms. The number of ether oxygens (including phenoxy) is 1. The zero-order chi connectivity index (χ0) is 23.8. The zero-order valence-corrected chi connectivity index (χ0v) is 20.4. The molecule has 0 spiro atoms. The maximum Gasteiger partial charge on any atom is 0.226 e. The van der Waals surface area contributed by atoms with Crippen molar-refractivity contribution in [2.24, 2.45) is 23.2 Å². The quantitative estimate of drug-likeness (QED) is 0.600. The third-order valence-electron chi connectivity index (χ3n) is 8.76. The van der Waals surface area contributed by atoms with Crippen molar-refractivity contribution in [3.63, 3.8) is 0 Å². The van der Waals surface area contributed by atoms with Crippen LogP contribution >= 0.6 is 0 Å². The van der Waals surface area contributed by atoms with Gasteiger partial charge in [0.2, 0.25) is 5.91 Å². The SMILES string of the molecule is O=C(CC12CC3CC(CC(C3)C1)C2)Nc1ncnc2c1CCN(Cc1ccccc1OCCO)C2. The number of hydrogen-bond acceptors (Lipinski definition) is 6. The lowest BCUT2D eigenvalue weighted by molar-refractivity contribution is -0.124. The van der Waals surface area contributed by atoms with Gasteiger partial charge in [-0.3, -0.25) is 9.69 Å². The summed E-state index contributed by atoms with van der Waals surface area (Å²) >= 11 is 0. The number of para-hydroxylation sites is 1. The molecule has 4 saturated carbocycles.